The predicted octanol–water partition coefficient (Wildman–Crippen LogP) is 3.05. The third kappa shape index (κ3) is 3.19. The van der Waals surface area contributed by atoms with Crippen molar-refractivity contribution in [1.29, 1.82) is 0 Å². The van der Waals surface area contributed by atoms with E-state index in [1.807, 2.05) is 40.6 Å². The zero-order valence-corrected chi connectivity index (χ0v) is 18.7. The first-order valence-electron chi connectivity index (χ1n) is 10.7. The number of imidazole rings is 1. The summed E-state index contributed by atoms with van der Waals surface area (Å²) in [7, 11) is 0. The van der Waals surface area contributed by atoms with Gasteiger partial charge in [0.05, 0.1) is 46.6 Å². The molecule has 0 saturated heterocycles. The first kappa shape index (κ1) is 20.3. The summed E-state index contributed by atoms with van der Waals surface area (Å²) in [6.07, 6.45) is 4.81. The number of carbonyl (C=O) groups excluding carboxylic acids is 2. The van der Waals surface area contributed by atoms with E-state index in [2.05, 4.69) is 15.0 Å². The largest absolute Gasteiger partial charge is 0.366 e. The number of thiophene rings is 1. The van der Waals surface area contributed by atoms with Crippen LogP contribution >= 0.6 is 11.3 Å². The first-order valence-corrected chi connectivity index (χ1v) is 11.6. The van der Waals surface area contributed by atoms with Crippen molar-refractivity contribution in [2.45, 2.75) is 13.0 Å². The summed E-state index contributed by atoms with van der Waals surface area (Å²) in [4.78, 5) is 48.4. The summed E-state index contributed by atoms with van der Waals surface area (Å²) in [6.45, 7) is 1.26. The number of H-pyrrole nitrogens is 2. The van der Waals surface area contributed by atoms with Crippen LogP contribution in [0.3, 0.4) is 0 Å². The Hall–Kier alpha value is -4.31. The van der Waals surface area contributed by atoms with E-state index in [-0.39, 0.29) is 11.1 Å². The molecule has 5 heterocycles. The standard InChI is InChI=1S/C24H19N7O2S/c25-22(33)20(15-9-26-23-13(15)6-8-34-23)16(11-32)21-14-3-1-2-4-17(14)29-24(30-21)31-7-5-18-19(10-31)28-12-27-18/h1-4,6,8-9,11-12,26H,5,7,10H2,(H2,25,33)(H,27,28)/b20-16+. The molecule has 4 N–H and O–H groups in total. The summed E-state index contributed by atoms with van der Waals surface area (Å²) in [6, 6.07) is 9.35. The molecule has 0 aliphatic carbocycles. The van der Waals surface area contributed by atoms with Gasteiger partial charge in [0.1, 0.15) is 4.83 Å². The minimum absolute atomic E-state index is 0.129. The average Bonchev–Trinajstić information content (AvgIpc) is 3.59. The second-order valence-electron chi connectivity index (χ2n) is 8.03. The number of anilines is 1. The van der Waals surface area contributed by atoms with Gasteiger partial charge in [0.25, 0.3) is 0 Å². The Morgan fingerprint density at radius 1 is 1.15 bits per heavy atom. The van der Waals surface area contributed by atoms with Crippen molar-refractivity contribution in [3.8, 4) is 0 Å². The lowest BCUT2D eigenvalue weighted by molar-refractivity contribution is -0.113. The molecule has 4 aromatic heterocycles. The third-order valence-corrected chi connectivity index (χ3v) is 6.96. The van der Waals surface area contributed by atoms with Crippen LogP contribution in [-0.4, -0.2) is 43.7 Å². The van der Waals surface area contributed by atoms with Gasteiger partial charge < -0.3 is 20.6 Å². The van der Waals surface area contributed by atoms with E-state index in [1.165, 1.54) is 11.3 Å². The number of benzene rings is 1. The average molecular weight is 470 g/mol. The molecule has 10 heteroatoms. The molecule has 0 fully saturated rings. The molecule has 0 unspecified atom stereocenters. The van der Waals surface area contributed by atoms with Gasteiger partial charge >= 0.3 is 0 Å². The summed E-state index contributed by atoms with van der Waals surface area (Å²) >= 11 is 1.51. The molecule has 0 atom stereocenters. The number of allylic oxidation sites excluding steroid dienone is 1. The molecule has 1 amide bonds. The molecule has 34 heavy (non-hydrogen) atoms. The van der Waals surface area contributed by atoms with Crippen LogP contribution in [0.4, 0.5) is 5.95 Å². The number of hydrogen-bond acceptors (Lipinski definition) is 7. The first-order chi connectivity index (χ1) is 16.6. The lowest BCUT2D eigenvalue weighted by atomic mass is 9.96. The van der Waals surface area contributed by atoms with Gasteiger partial charge in [-0.3, -0.25) is 9.59 Å². The van der Waals surface area contributed by atoms with E-state index in [9.17, 15) is 9.59 Å². The number of nitrogens with two attached hydrogens (primary N) is 1. The van der Waals surface area contributed by atoms with E-state index in [4.69, 9.17) is 15.7 Å². The molecule has 0 saturated carbocycles. The van der Waals surface area contributed by atoms with Gasteiger partial charge in [0.15, 0.2) is 6.29 Å². The number of primary amides is 1. The summed E-state index contributed by atoms with van der Waals surface area (Å²) in [5, 5.41) is 3.42. The van der Waals surface area contributed by atoms with Crippen molar-refractivity contribution < 1.29 is 9.59 Å². The molecular formula is C24H19N7O2S. The monoisotopic (exact) mass is 469 g/mol. The smallest absolute Gasteiger partial charge is 0.250 e. The number of para-hydroxylation sites is 1. The molecular weight excluding hydrogens is 450 g/mol. The molecule has 1 aromatic carbocycles. The van der Waals surface area contributed by atoms with Gasteiger partial charge in [0.2, 0.25) is 11.9 Å². The maximum Gasteiger partial charge on any atom is 0.250 e. The van der Waals surface area contributed by atoms with Crippen LogP contribution in [-0.2, 0) is 22.6 Å². The normalized spacial score (nSPS) is 14.3. The fraction of sp³-hybridized carbons (Fsp3) is 0.125. The SMILES string of the molecule is NC(=O)/C(=C(\C=O)c1nc(N2CCc3nc[nH]c3C2)nc2ccccc12)c1c[nH]c2sccc12. The van der Waals surface area contributed by atoms with Crippen molar-refractivity contribution in [3.63, 3.8) is 0 Å². The zero-order chi connectivity index (χ0) is 23.2. The summed E-state index contributed by atoms with van der Waals surface area (Å²) in [5.41, 5.74) is 9.79. The number of carbonyl (C=O) groups is 2. The van der Waals surface area contributed by atoms with Gasteiger partial charge in [0, 0.05) is 35.5 Å². The van der Waals surface area contributed by atoms with Crippen LogP contribution in [0.5, 0.6) is 0 Å². The van der Waals surface area contributed by atoms with E-state index in [1.54, 1.807) is 12.5 Å². The minimum Gasteiger partial charge on any atom is -0.366 e. The lowest BCUT2D eigenvalue weighted by Gasteiger charge is -2.27. The fourth-order valence-corrected chi connectivity index (χ4v) is 5.27. The van der Waals surface area contributed by atoms with Crippen LogP contribution in [0, 0.1) is 0 Å². The number of amides is 1. The highest BCUT2D eigenvalue weighted by atomic mass is 32.1. The van der Waals surface area contributed by atoms with Gasteiger partial charge in [-0.25, -0.2) is 15.0 Å². The van der Waals surface area contributed by atoms with Crippen LogP contribution in [0.15, 0.2) is 48.2 Å². The Kier molecular flexibility index (Phi) is 4.73. The second-order valence-corrected chi connectivity index (χ2v) is 8.94. The van der Waals surface area contributed by atoms with E-state index in [0.29, 0.717) is 47.5 Å². The number of aldehydes is 1. The van der Waals surface area contributed by atoms with Gasteiger partial charge in [-0.1, -0.05) is 18.2 Å². The molecule has 0 spiro atoms. The molecule has 0 bridgehead atoms. The number of aromatic amines is 2. The number of hydrogen-bond donors (Lipinski definition) is 3. The third-order valence-electron chi connectivity index (χ3n) is 6.11. The highest BCUT2D eigenvalue weighted by Crippen LogP contribution is 2.35. The van der Waals surface area contributed by atoms with Crippen molar-refractivity contribution in [2.24, 2.45) is 5.73 Å². The highest BCUT2D eigenvalue weighted by Gasteiger charge is 2.25. The number of aromatic nitrogens is 5. The molecule has 1 aliphatic heterocycles. The number of nitrogens with zero attached hydrogens (tertiary/aromatic N) is 4. The lowest BCUT2D eigenvalue weighted by Crippen LogP contribution is -2.32. The maximum absolute atomic E-state index is 12.7. The molecule has 9 nitrogen and oxygen atoms in total. The molecule has 5 aromatic rings. The van der Waals surface area contributed by atoms with Gasteiger partial charge in [-0.05, 0) is 17.5 Å². The van der Waals surface area contributed by atoms with Crippen LogP contribution in [0.1, 0.15) is 22.6 Å². The van der Waals surface area contributed by atoms with Crippen LogP contribution in [0.25, 0.3) is 32.3 Å². The number of fused-ring (bicyclic) bond motifs is 3. The van der Waals surface area contributed by atoms with E-state index >= 15 is 0 Å². The Morgan fingerprint density at radius 2 is 2.03 bits per heavy atom. The quantitative estimate of drug-likeness (QED) is 0.268. The highest BCUT2D eigenvalue weighted by molar-refractivity contribution is 7.16. The number of nitrogens with one attached hydrogen (secondary N) is 2. The topological polar surface area (TPSA) is 134 Å². The zero-order valence-electron chi connectivity index (χ0n) is 17.9. The Bertz CT molecular complexity index is 1610. The van der Waals surface area contributed by atoms with E-state index < -0.39 is 5.91 Å². The molecule has 0 radical (unpaired) electrons. The predicted molar refractivity (Wildman–Crippen MR) is 131 cm³/mol. The summed E-state index contributed by atoms with van der Waals surface area (Å²) in [5.74, 6) is -0.217. The molecule has 6 rings (SSSR count). The van der Waals surface area contributed by atoms with Gasteiger partial charge in [-0.2, -0.15) is 0 Å². The van der Waals surface area contributed by atoms with Crippen LogP contribution in [0.2, 0.25) is 0 Å². The minimum atomic E-state index is -0.696. The van der Waals surface area contributed by atoms with Crippen LogP contribution < -0.4 is 10.6 Å². The van der Waals surface area contributed by atoms with E-state index in [0.717, 1.165) is 28.0 Å². The fourth-order valence-electron chi connectivity index (χ4n) is 4.49. The van der Waals surface area contributed by atoms with Gasteiger partial charge in [-0.15, -0.1) is 11.3 Å². The van der Waals surface area contributed by atoms with Crippen molar-refractivity contribution in [1.82, 2.24) is 24.9 Å². The maximum atomic E-state index is 12.7. The number of rotatable bonds is 5. The molecule has 168 valence electrons. The van der Waals surface area contributed by atoms with Crippen molar-refractivity contribution >= 4 is 61.7 Å². The Morgan fingerprint density at radius 3 is 2.88 bits per heavy atom. The second kappa shape index (κ2) is 7.92. The Labute approximate surface area is 197 Å². The Balaban J connectivity index is 1.58. The van der Waals surface area contributed by atoms with Crippen molar-refractivity contribution in [3.05, 3.63) is 70.9 Å². The molecule has 1 aliphatic rings. The van der Waals surface area contributed by atoms with Crippen molar-refractivity contribution in [2.75, 3.05) is 11.4 Å². The summed E-state index contributed by atoms with van der Waals surface area (Å²) < 4.78 is 0.